The van der Waals surface area contributed by atoms with Gasteiger partial charge in [-0.2, -0.15) is 4.68 Å². The van der Waals surface area contributed by atoms with Crippen LogP contribution in [0.15, 0.2) is 12.3 Å². The van der Waals surface area contributed by atoms with Crippen molar-refractivity contribution in [1.29, 1.82) is 0 Å². The van der Waals surface area contributed by atoms with Crippen molar-refractivity contribution in [2.75, 3.05) is 0 Å². The number of nitro groups is 1. The fraction of sp³-hybridized carbons (Fsp3) is 0.714. The molecule has 2 aliphatic rings. The number of nitrogens with zero attached hydrogens (tertiary/aromatic N) is 3. The van der Waals surface area contributed by atoms with Crippen molar-refractivity contribution in [2.24, 2.45) is 17.8 Å². The molecule has 1 N–H and O–H groups in total. The van der Waals surface area contributed by atoms with Gasteiger partial charge in [-0.25, -0.2) is 0 Å². The molecule has 2 saturated carbocycles. The first-order valence-corrected chi connectivity index (χ1v) is 7.50. The van der Waals surface area contributed by atoms with E-state index in [0.717, 1.165) is 11.8 Å². The van der Waals surface area contributed by atoms with Crippen LogP contribution in [0.5, 0.6) is 0 Å². The van der Waals surface area contributed by atoms with E-state index < -0.39 is 4.92 Å². The summed E-state index contributed by atoms with van der Waals surface area (Å²) in [4.78, 5) is 22.0. The lowest BCUT2D eigenvalue weighted by atomic mass is 9.84. The molecule has 114 valence electrons. The summed E-state index contributed by atoms with van der Waals surface area (Å²) in [5, 5.41) is 17.3. The Labute approximate surface area is 122 Å². The van der Waals surface area contributed by atoms with Crippen molar-refractivity contribution in [1.82, 2.24) is 15.1 Å². The third-order valence-electron chi connectivity index (χ3n) is 4.94. The van der Waals surface area contributed by atoms with E-state index >= 15 is 0 Å². The number of hydrogen-bond acceptors (Lipinski definition) is 4. The van der Waals surface area contributed by atoms with Crippen LogP contribution in [0.3, 0.4) is 0 Å². The Bertz CT molecular complexity index is 556. The van der Waals surface area contributed by atoms with Crippen molar-refractivity contribution < 1.29 is 9.72 Å². The highest BCUT2D eigenvalue weighted by Gasteiger charge is 2.42. The second kappa shape index (κ2) is 5.46. The summed E-state index contributed by atoms with van der Waals surface area (Å²) in [7, 11) is 0. The molecule has 1 aromatic heterocycles. The van der Waals surface area contributed by atoms with E-state index in [2.05, 4.69) is 17.3 Å². The van der Waals surface area contributed by atoms with Crippen LogP contribution in [0.25, 0.3) is 0 Å². The zero-order valence-corrected chi connectivity index (χ0v) is 12.1. The molecule has 7 nitrogen and oxygen atoms in total. The average molecular weight is 292 g/mol. The number of nitrogens with one attached hydrogen (secondary N) is 1. The lowest BCUT2D eigenvalue weighted by Gasteiger charge is -2.28. The minimum absolute atomic E-state index is 0.0268. The molecule has 1 amide bonds. The first-order valence-electron chi connectivity index (χ1n) is 7.50. The van der Waals surface area contributed by atoms with Crippen LogP contribution in [0.2, 0.25) is 0 Å². The van der Waals surface area contributed by atoms with Crippen molar-refractivity contribution in [2.45, 2.75) is 45.2 Å². The van der Waals surface area contributed by atoms with Gasteiger partial charge in [0.2, 0.25) is 5.91 Å². The van der Waals surface area contributed by atoms with Crippen LogP contribution in [0, 0.1) is 27.9 Å². The molecule has 3 rings (SSSR count). The van der Waals surface area contributed by atoms with Gasteiger partial charge in [0.25, 0.3) is 0 Å². The molecule has 1 aromatic rings. The summed E-state index contributed by atoms with van der Waals surface area (Å²) >= 11 is 0. The largest absolute Gasteiger partial charge is 0.389 e. The standard InChI is InChI=1S/C14H20N4O3/c1-9(12-7-10-2-3-11(12)6-10)15-14(19)8-17-5-4-13(16-17)18(20)21/h4-5,9-12H,2-3,6-8H2,1H3,(H,15,19)/t9-,10-,11-,12-/m0/s1. The zero-order chi connectivity index (χ0) is 15.0. The van der Waals surface area contributed by atoms with E-state index in [9.17, 15) is 14.9 Å². The van der Waals surface area contributed by atoms with Gasteiger partial charge in [-0.3, -0.25) is 4.79 Å². The molecule has 2 fully saturated rings. The molecule has 0 spiro atoms. The van der Waals surface area contributed by atoms with Crippen molar-refractivity contribution in [3.05, 3.63) is 22.4 Å². The van der Waals surface area contributed by atoms with E-state index in [1.165, 1.54) is 42.6 Å². The second-order valence-corrected chi connectivity index (χ2v) is 6.32. The maximum absolute atomic E-state index is 12.0. The van der Waals surface area contributed by atoms with E-state index in [1.807, 2.05) is 0 Å². The van der Waals surface area contributed by atoms with E-state index in [0.29, 0.717) is 5.92 Å². The minimum atomic E-state index is -0.563. The zero-order valence-electron chi connectivity index (χ0n) is 12.1. The minimum Gasteiger partial charge on any atom is -0.358 e. The number of aromatic nitrogens is 2. The Kier molecular flexibility index (Phi) is 3.65. The summed E-state index contributed by atoms with van der Waals surface area (Å²) in [6.07, 6.45) is 6.63. The first-order chi connectivity index (χ1) is 10.0. The predicted octanol–water partition coefficient (Wildman–Crippen LogP) is 1.73. The van der Waals surface area contributed by atoms with Gasteiger partial charge in [0, 0.05) is 6.04 Å². The molecule has 0 aromatic carbocycles. The van der Waals surface area contributed by atoms with Crippen LogP contribution >= 0.6 is 0 Å². The second-order valence-electron chi connectivity index (χ2n) is 6.32. The van der Waals surface area contributed by atoms with Gasteiger partial charge in [-0.15, -0.1) is 0 Å². The van der Waals surface area contributed by atoms with E-state index in [1.54, 1.807) is 0 Å². The summed E-state index contributed by atoms with van der Waals surface area (Å²) in [5.74, 6) is 1.83. The van der Waals surface area contributed by atoms with Crippen LogP contribution in [-0.2, 0) is 11.3 Å². The number of rotatable bonds is 5. The Morgan fingerprint density at radius 3 is 2.95 bits per heavy atom. The fourth-order valence-corrected chi connectivity index (χ4v) is 4.00. The molecule has 0 aliphatic heterocycles. The third-order valence-corrected chi connectivity index (χ3v) is 4.94. The normalized spacial score (nSPS) is 28.5. The Morgan fingerprint density at radius 1 is 1.57 bits per heavy atom. The number of amides is 1. The van der Waals surface area contributed by atoms with Gasteiger partial charge >= 0.3 is 5.82 Å². The van der Waals surface area contributed by atoms with Gasteiger partial charge in [-0.1, -0.05) is 6.42 Å². The van der Waals surface area contributed by atoms with Crippen molar-refractivity contribution in [3.8, 4) is 0 Å². The maximum Gasteiger partial charge on any atom is 0.389 e. The maximum atomic E-state index is 12.0. The number of carbonyl (C=O) groups excluding carboxylic acids is 1. The molecule has 2 bridgehead atoms. The fourth-order valence-electron chi connectivity index (χ4n) is 4.00. The summed E-state index contributed by atoms with van der Waals surface area (Å²) in [5.41, 5.74) is 0. The monoisotopic (exact) mass is 292 g/mol. The summed E-state index contributed by atoms with van der Waals surface area (Å²) < 4.78 is 1.31. The molecular formula is C14H20N4O3. The average Bonchev–Trinajstić information content (AvgIpc) is 3.13. The highest BCUT2D eigenvalue weighted by molar-refractivity contribution is 5.76. The molecule has 0 radical (unpaired) electrons. The molecule has 4 atom stereocenters. The van der Waals surface area contributed by atoms with E-state index in [-0.39, 0.29) is 24.3 Å². The summed E-state index contributed by atoms with van der Waals surface area (Å²) in [6.45, 7) is 2.09. The van der Waals surface area contributed by atoms with Crippen molar-refractivity contribution >= 4 is 11.7 Å². The van der Waals surface area contributed by atoms with Gasteiger partial charge < -0.3 is 15.4 Å². The number of carbonyl (C=O) groups is 1. The molecule has 0 unspecified atom stereocenters. The molecule has 2 aliphatic carbocycles. The highest BCUT2D eigenvalue weighted by Crippen LogP contribution is 2.49. The first kappa shape index (κ1) is 14.0. The number of hydrogen-bond donors (Lipinski definition) is 1. The highest BCUT2D eigenvalue weighted by atomic mass is 16.6. The van der Waals surface area contributed by atoms with Crippen LogP contribution in [0.4, 0.5) is 5.82 Å². The van der Waals surface area contributed by atoms with Crippen LogP contribution < -0.4 is 5.32 Å². The predicted molar refractivity (Wildman–Crippen MR) is 75.4 cm³/mol. The lowest BCUT2D eigenvalue weighted by molar-refractivity contribution is -0.389. The van der Waals surface area contributed by atoms with Gasteiger partial charge in [0.1, 0.15) is 6.54 Å². The molecule has 7 heteroatoms. The molecule has 0 saturated heterocycles. The summed E-state index contributed by atoms with van der Waals surface area (Å²) in [6, 6.07) is 1.46. The Hall–Kier alpha value is -1.92. The molecular weight excluding hydrogens is 272 g/mol. The van der Waals surface area contributed by atoms with Gasteiger partial charge in [0.15, 0.2) is 0 Å². The number of fused-ring (bicyclic) bond motifs is 2. The third kappa shape index (κ3) is 2.91. The smallest absolute Gasteiger partial charge is 0.358 e. The SMILES string of the molecule is C[C@H](NC(=O)Cn1ccc([N+](=O)[O-])n1)[C@@H]1C[C@H]2CC[C@H]1C2. The molecule has 21 heavy (non-hydrogen) atoms. The van der Waals surface area contributed by atoms with Gasteiger partial charge in [0.05, 0.1) is 17.4 Å². The Morgan fingerprint density at radius 2 is 2.38 bits per heavy atom. The quantitative estimate of drug-likeness (QED) is 0.661. The van der Waals surface area contributed by atoms with Gasteiger partial charge in [-0.05, 0) is 48.9 Å². The lowest BCUT2D eigenvalue weighted by Crippen LogP contribution is -2.41. The van der Waals surface area contributed by atoms with E-state index in [4.69, 9.17) is 0 Å². The van der Waals surface area contributed by atoms with Crippen molar-refractivity contribution in [3.63, 3.8) is 0 Å². The topological polar surface area (TPSA) is 90.1 Å². The molecule has 1 heterocycles. The Balaban J connectivity index is 1.52. The van der Waals surface area contributed by atoms with Crippen LogP contribution in [0.1, 0.15) is 32.6 Å². The van der Waals surface area contributed by atoms with Crippen LogP contribution in [-0.4, -0.2) is 26.7 Å².